The maximum Gasteiger partial charge on any atom is 0.325 e. The van der Waals surface area contributed by atoms with Crippen molar-refractivity contribution in [1.82, 2.24) is 5.32 Å². The molecule has 1 rings (SSSR count). The lowest BCUT2D eigenvalue weighted by molar-refractivity contribution is -0.143. The van der Waals surface area contributed by atoms with Crippen LogP contribution in [0, 0.1) is 0 Å². The highest BCUT2D eigenvalue weighted by Gasteiger charge is 2.45. The molecule has 0 spiro atoms. The summed E-state index contributed by atoms with van der Waals surface area (Å²) in [6, 6.07) is -0.131. The second-order valence-electron chi connectivity index (χ2n) is 3.53. The van der Waals surface area contributed by atoms with Gasteiger partial charge in [-0.15, -0.1) is 0 Å². The van der Waals surface area contributed by atoms with Crippen LogP contribution >= 0.6 is 0 Å². The van der Waals surface area contributed by atoms with E-state index in [1.807, 2.05) is 0 Å². The van der Waals surface area contributed by atoms with Crippen molar-refractivity contribution < 1.29 is 9.90 Å². The highest BCUT2D eigenvalue weighted by Crippen LogP contribution is 2.22. The van der Waals surface area contributed by atoms with E-state index in [9.17, 15) is 4.79 Å². The largest absolute Gasteiger partial charge is 0.480 e. The Hall–Kier alpha value is -0.545. The maximum absolute atomic E-state index is 10.9. The molecule has 4 nitrogen and oxygen atoms in total. The Bertz CT molecular complexity index is 201. The van der Waals surface area contributed by atoms with Crippen LogP contribution in [-0.4, -0.2) is 37.0 Å². The minimum Gasteiger partial charge on any atom is -0.480 e. The molecule has 1 aliphatic rings. The van der Waals surface area contributed by atoms with Gasteiger partial charge in [-0.1, -0.05) is 12.7 Å². The number of carbonyl (C=O) groups is 1. The molecule has 1 heterocycles. The fourth-order valence-corrected chi connectivity index (χ4v) is 1.75. The molecular formula is C8H15BN2O2. The van der Waals surface area contributed by atoms with Crippen LogP contribution in [0.2, 0.25) is 6.32 Å². The van der Waals surface area contributed by atoms with E-state index in [1.54, 1.807) is 0 Å². The van der Waals surface area contributed by atoms with E-state index in [2.05, 4.69) is 5.32 Å². The van der Waals surface area contributed by atoms with Crippen molar-refractivity contribution in [3.63, 3.8) is 0 Å². The third-order valence-electron chi connectivity index (χ3n) is 2.65. The van der Waals surface area contributed by atoms with E-state index in [0.717, 1.165) is 12.8 Å². The highest BCUT2D eigenvalue weighted by molar-refractivity contribution is 6.08. The topological polar surface area (TPSA) is 75.3 Å². The predicted octanol–water partition coefficient (Wildman–Crippen LogP) is -0.503. The van der Waals surface area contributed by atoms with Crippen LogP contribution in [0.1, 0.15) is 19.3 Å². The Morgan fingerprint density at radius 2 is 2.46 bits per heavy atom. The van der Waals surface area contributed by atoms with Crippen LogP contribution in [0.4, 0.5) is 0 Å². The average Bonchev–Trinajstić information content (AvgIpc) is 2.45. The third kappa shape index (κ3) is 2.03. The van der Waals surface area contributed by atoms with E-state index in [0.29, 0.717) is 19.3 Å². The van der Waals surface area contributed by atoms with Crippen molar-refractivity contribution in [2.75, 3.05) is 6.54 Å². The van der Waals surface area contributed by atoms with Crippen molar-refractivity contribution in [2.45, 2.75) is 37.2 Å². The third-order valence-corrected chi connectivity index (χ3v) is 2.65. The predicted molar refractivity (Wildman–Crippen MR) is 50.8 cm³/mol. The van der Waals surface area contributed by atoms with Gasteiger partial charge in [0.25, 0.3) is 0 Å². The van der Waals surface area contributed by atoms with Gasteiger partial charge in [-0.05, 0) is 19.4 Å². The molecule has 0 aromatic rings. The minimum absolute atomic E-state index is 0.131. The van der Waals surface area contributed by atoms with Crippen molar-refractivity contribution >= 4 is 13.8 Å². The van der Waals surface area contributed by atoms with Gasteiger partial charge in [-0.2, -0.15) is 0 Å². The first kappa shape index (κ1) is 10.5. The quantitative estimate of drug-likeness (QED) is 0.512. The van der Waals surface area contributed by atoms with Crippen molar-refractivity contribution in [3.8, 4) is 0 Å². The molecule has 0 aliphatic carbocycles. The van der Waals surface area contributed by atoms with Crippen LogP contribution in [0.3, 0.4) is 0 Å². The van der Waals surface area contributed by atoms with Gasteiger partial charge in [0.05, 0.1) is 7.85 Å². The molecule has 1 aliphatic heterocycles. The number of nitrogens with two attached hydrogens (primary N) is 1. The summed E-state index contributed by atoms with van der Waals surface area (Å²) in [6.07, 6.45) is 2.62. The molecule has 0 amide bonds. The number of hydrogen-bond donors (Lipinski definition) is 3. The molecule has 0 bridgehead atoms. The monoisotopic (exact) mass is 182 g/mol. The van der Waals surface area contributed by atoms with Gasteiger partial charge >= 0.3 is 5.97 Å². The molecule has 0 aromatic heterocycles. The Labute approximate surface area is 79.3 Å². The normalized spacial score (nSPS) is 33.5. The zero-order chi connectivity index (χ0) is 9.90. The molecular weight excluding hydrogens is 167 g/mol. The molecule has 5 heteroatoms. The first-order valence-corrected chi connectivity index (χ1v) is 4.57. The van der Waals surface area contributed by atoms with E-state index in [-0.39, 0.29) is 6.04 Å². The zero-order valence-electron chi connectivity index (χ0n) is 7.62. The van der Waals surface area contributed by atoms with Gasteiger partial charge in [-0.3, -0.25) is 4.79 Å². The number of carboxylic acids is 1. The van der Waals surface area contributed by atoms with Crippen LogP contribution in [-0.2, 0) is 4.79 Å². The molecule has 2 atom stereocenters. The van der Waals surface area contributed by atoms with Crippen LogP contribution in [0.15, 0.2) is 0 Å². The Morgan fingerprint density at radius 1 is 1.77 bits per heavy atom. The Morgan fingerprint density at radius 3 is 3.00 bits per heavy atom. The van der Waals surface area contributed by atoms with Gasteiger partial charge in [-0.25, -0.2) is 0 Å². The summed E-state index contributed by atoms with van der Waals surface area (Å²) < 4.78 is 0. The highest BCUT2D eigenvalue weighted by atomic mass is 16.4. The lowest BCUT2D eigenvalue weighted by atomic mass is 9.87. The van der Waals surface area contributed by atoms with Crippen LogP contribution < -0.4 is 11.1 Å². The van der Waals surface area contributed by atoms with Crippen molar-refractivity contribution in [1.29, 1.82) is 0 Å². The zero-order valence-corrected chi connectivity index (χ0v) is 7.62. The molecule has 2 radical (unpaired) electrons. The number of nitrogens with one attached hydrogen (secondary N) is 1. The van der Waals surface area contributed by atoms with Crippen LogP contribution in [0.25, 0.3) is 0 Å². The molecule has 1 unspecified atom stereocenters. The minimum atomic E-state index is -1.09. The van der Waals surface area contributed by atoms with E-state index in [1.165, 1.54) is 0 Å². The molecule has 4 N–H and O–H groups in total. The summed E-state index contributed by atoms with van der Waals surface area (Å²) in [5.74, 6) is -0.917. The first-order valence-electron chi connectivity index (χ1n) is 4.57. The summed E-state index contributed by atoms with van der Waals surface area (Å²) in [5, 5.41) is 12.0. The van der Waals surface area contributed by atoms with Crippen LogP contribution in [0.5, 0.6) is 0 Å². The number of rotatable bonds is 4. The second-order valence-corrected chi connectivity index (χ2v) is 3.53. The SMILES string of the molecule is [B]CCCC1NCC[C@@]1(N)C(=O)O. The molecule has 1 fully saturated rings. The van der Waals surface area contributed by atoms with Gasteiger partial charge < -0.3 is 16.2 Å². The summed E-state index contributed by atoms with van der Waals surface area (Å²) in [7, 11) is 5.36. The molecule has 13 heavy (non-hydrogen) atoms. The summed E-state index contributed by atoms with van der Waals surface area (Å²) in [4.78, 5) is 10.9. The number of carboxylic acid groups (broad SMARTS) is 1. The van der Waals surface area contributed by atoms with E-state index in [4.69, 9.17) is 18.7 Å². The van der Waals surface area contributed by atoms with E-state index >= 15 is 0 Å². The second kappa shape index (κ2) is 4.11. The smallest absolute Gasteiger partial charge is 0.325 e. The molecule has 0 aromatic carbocycles. The van der Waals surface area contributed by atoms with Crippen molar-refractivity contribution in [3.05, 3.63) is 0 Å². The fraction of sp³-hybridized carbons (Fsp3) is 0.875. The number of aliphatic carboxylic acids is 1. The maximum atomic E-state index is 10.9. The van der Waals surface area contributed by atoms with Gasteiger partial charge in [0.2, 0.25) is 0 Å². The average molecular weight is 182 g/mol. The summed E-state index contributed by atoms with van der Waals surface area (Å²) in [6.45, 7) is 0.679. The Balaban J connectivity index is 2.57. The fourth-order valence-electron chi connectivity index (χ4n) is 1.75. The first-order chi connectivity index (χ1) is 6.11. The van der Waals surface area contributed by atoms with Gasteiger partial charge in [0, 0.05) is 6.04 Å². The lowest BCUT2D eigenvalue weighted by Crippen LogP contribution is -2.56. The van der Waals surface area contributed by atoms with Gasteiger partial charge in [0.15, 0.2) is 0 Å². The Kier molecular flexibility index (Phi) is 3.33. The van der Waals surface area contributed by atoms with Gasteiger partial charge in [0.1, 0.15) is 5.54 Å². The van der Waals surface area contributed by atoms with E-state index < -0.39 is 11.5 Å². The molecule has 1 saturated heterocycles. The number of hydrogen-bond acceptors (Lipinski definition) is 3. The summed E-state index contributed by atoms with van der Waals surface area (Å²) >= 11 is 0. The molecule has 72 valence electrons. The summed E-state index contributed by atoms with van der Waals surface area (Å²) in [5.41, 5.74) is 4.70. The lowest BCUT2D eigenvalue weighted by Gasteiger charge is -2.26. The molecule has 0 saturated carbocycles. The van der Waals surface area contributed by atoms with Crippen molar-refractivity contribution in [2.24, 2.45) is 5.73 Å². The standard InChI is InChI=1S/C8H15BN2O2/c9-4-1-2-6-8(10,7(12)13)3-5-11-6/h6,11H,1-5,10H2,(H,12,13)/t6?,8-/m0/s1.